The van der Waals surface area contributed by atoms with E-state index in [1.807, 2.05) is 43.3 Å². The Hall–Kier alpha value is -4.86. The summed E-state index contributed by atoms with van der Waals surface area (Å²) in [6, 6.07) is 28.7. The van der Waals surface area contributed by atoms with Crippen LogP contribution in [0.25, 0.3) is 0 Å². The molecule has 2 aliphatic heterocycles. The summed E-state index contributed by atoms with van der Waals surface area (Å²) in [4.78, 5) is 42.2. The third-order valence-corrected chi connectivity index (χ3v) is 10.5. The van der Waals surface area contributed by atoms with Gasteiger partial charge in [0.05, 0.1) is 24.2 Å². The number of halogens is 1. The fourth-order valence-electron chi connectivity index (χ4n) is 7.67. The molecule has 0 spiro atoms. The molecule has 258 valence electrons. The number of fused-ring (bicyclic) bond motifs is 2. The molecule has 3 amide bonds. The quantitative estimate of drug-likeness (QED) is 0.194. The molecular formula is C41H44FN5O3. The van der Waals surface area contributed by atoms with Crippen LogP contribution in [-0.4, -0.2) is 47.3 Å². The minimum Gasteiger partial charge on any atom is -0.348 e. The lowest BCUT2D eigenvalue weighted by molar-refractivity contribution is -0.136. The van der Waals surface area contributed by atoms with Gasteiger partial charge in [-0.25, -0.2) is 4.39 Å². The summed E-state index contributed by atoms with van der Waals surface area (Å²) in [5.41, 5.74) is 6.59. The molecule has 1 aliphatic carbocycles. The Kier molecular flexibility index (Phi) is 10.1. The maximum Gasteiger partial charge on any atom is 0.251 e. The van der Waals surface area contributed by atoms with Crippen LogP contribution in [-0.2, 0) is 35.5 Å². The molecule has 1 fully saturated rings. The maximum atomic E-state index is 15.0. The van der Waals surface area contributed by atoms with Gasteiger partial charge in [0, 0.05) is 36.8 Å². The van der Waals surface area contributed by atoms with Crippen LogP contribution in [0.4, 0.5) is 4.39 Å². The third-order valence-electron chi connectivity index (χ3n) is 10.5. The Morgan fingerprint density at radius 2 is 1.56 bits per heavy atom. The summed E-state index contributed by atoms with van der Waals surface area (Å²) in [6.07, 6.45) is 4.07. The average Bonchev–Trinajstić information content (AvgIpc) is 3.62. The Morgan fingerprint density at radius 1 is 0.840 bits per heavy atom. The van der Waals surface area contributed by atoms with Gasteiger partial charge in [-0.1, -0.05) is 78.9 Å². The van der Waals surface area contributed by atoms with E-state index in [2.05, 4.69) is 45.5 Å². The van der Waals surface area contributed by atoms with E-state index in [1.54, 1.807) is 35.2 Å². The van der Waals surface area contributed by atoms with Crippen molar-refractivity contribution >= 4 is 17.7 Å². The van der Waals surface area contributed by atoms with Gasteiger partial charge in [0.25, 0.3) is 5.91 Å². The number of hydrogen-bond acceptors (Lipinski definition) is 5. The van der Waals surface area contributed by atoms with E-state index in [0.29, 0.717) is 37.1 Å². The normalized spacial score (nSPS) is 21.7. The van der Waals surface area contributed by atoms with Gasteiger partial charge < -0.3 is 26.2 Å². The smallest absolute Gasteiger partial charge is 0.251 e. The zero-order chi connectivity index (χ0) is 34.6. The zero-order valence-electron chi connectivity index (χ0n) is 28.3. The SMILES string of the molecule is C[C@H](c1ccccc1F)N(Cc1ccc(C(=O)N[C@@H]2CN[C@H](C(=O)N[C@@H]3CCCc4ccccc43)C2)cc1)C(=O)[C@@H]1Cc2ccccc2CN1. The van der Waals surface area contributed by atoms with Crippen molar-refractivity contribution in [3.8, 4) is 0 Å². The van der Waals surface area contributed by atoms with Crippen LogP contribution in [0.5, 0.6) is 0 Å². The second kappa shape index (κ2) is 14.9. The predicted octanol–water partition coefficient (Wildman–Crippen LogP) is 5.28. The number of carbonyl (C=O) groups excluding carboxylic acids is 3. The first-order valence-electron chi connectivity index (χ1n) is 17.7. The van der Waals surface area contributed by atoms with Crippen molar-refractivity contribution in [3.05, 3.63) is 142 Å². The Bertz CT molecular complexity index is 1860. The monoisotopic (exact) mass is 673 g/mol. The number of carbonyl (C=O) groups is 3. The first kappa shape index (κ1) is 33.6. The molecule has 7 rings (SSSR count). The van der Waals surface area contributed by atoms with Crippen LogP contribution in [0, 0.1) is 5.82 Å². The molecule has 4 N–H and O–H groups in total. The average molecular weight is 674 g/mol. The fraction of sp³-hybridized carbons (Fsp3) is 0.341. The van der Waals surface area contributed by atoms with Crippen LogP contribution in [0.3, 0.4) is 0 Å². The number of nitrogens with one attached hydrogen (secondary N) is 4. The van der Waals surface area contributed by atoms with Gasteiger partial charge in [-0.2, -0.15) is 0 Å². The Balaban J connectivity index is 0.982. The third kappa shape index (κ3) is 7.34. The van der Waals surface area contributed by atoms with E-state index in [9.17, 15) is 18.8 Å². The summed E-state index contributed by atoms with van der Waals surface area (Å²) in [7, 11) is 0. The van der Waals surface area contributed by atoms with Crippen molar-refractivity contribution in [1.29, 1.82) is 0 Å². The minimum absolute atomic E-state index is 0.0120. The van der Waals surface area contributed by atoms with Crippen LogP contribution in [0.2, 0.25) is 0 Å². The molecule has 0 aromatic heterocycles. The van der Waals surface area contributed by atoms with Crippen LogP contribution < -0.4 is 21.3 Å². The molecule has 3 aliphatic rings. The van der Waals surface area contributed by atoms with Gasteiger partial charge in [0.2, 0.25) is 11.8 Å². The molecule has 0 bridgehead atoms. The molecule has 8 nitrogen and oxygen atoms in total. The highest BCUT2D eigenvalue weighted by Crippen LogP contribution is 2.30. The van der Waals surface area contributed by atoms with Crippen molar-refractivity contribution in [2.24, 2.45) is 0 Å². The molecule has 0 saturated carbocycles. The van der Waals surface area contributed by atoms with Gasteiger partial charge in [-0.05, 0) is 85.0 Å². The standard InChI is InChI=1S/C41H44FN5O3/c1-26(33-13-6-7-15-35(33)42)47(41(50)38-21-30-10-2-3-11-31(30)23-43-38)25-27-17-19-29(20-18-27)39(48)45-32-22-37(44-24-32)40(49)46-36-16-8-12-28-9-4-5-14-34(28)36/h2-7,9-11,13-15,17-20,26,32,36-38,43-44H,8,12,16,21-25H2,1H3,(H,45,48)(H,46,49)/t26-,32+,36-,37+,38+/m1/s1. The molecular weight excluding hydrogens is 629 g/mol. The fourth-order valence-corrected chi connectivity index (χ4v) is 7.67. The Morgan fingerprint density at radius 3 is 2.36 bits per heavy atom. The van der Waals surface area contributed by atoms with Gasteiger partial charge >= 0.3 is 0 Å². The summed E-state index contributed by atoms with van der Waals surface area (Å²) in [5, 5.41) is 13.0. The Labute approximate surface area is 292 Å². The summed E-state index contributed by atoms with van der Waals surface area (Å²) in [5.74, 6) is -0.711. The van der Waals surface area contributed by atoms with Crippen molar-refractivity contribution in [1.82, 2.24) is 26.2 Å². The zero-order valence-corrected chi connectivity index (χ0v) is 28.3. The van der Waals surface area contributed by atoms with Gasteiger partial charge in [-0.15, -0.1) is 0 Å². The summed E-state index contributed by atoms with van der Waals surface area (Å²) < 4.78 is 15.0. The first-order valence-corrected chi connectivity index (χ1v) is 17.7. The number of benzene rings is 4. The number of hydrogen-bond donors (Lipinski definition) is 4. The van der Waals surface area contributed by atoms with E-state index in [-0.39, 0.29) is 48.2 Å². The molecule has 5 atom stereocenters. The second-order valence-electron chi connectivity index (χ2n) is 13.8. The highest BCUT2D eigenvalue weighted by molar-refractivity contribution is 5.94. The second-order valence-corrected chi connectivity index (χ2v) is 13.8. The molecule has 0 radical (unpaired) electrons. The van der Waals surface area contributed by atoms with E-state index in [4.69, 9.17) is 0 Å². The lowest BCUT2D eigenvalue weighted by Crippen LogP contribution is -2.50. The largest absolute Gasteiger partial charge is 0.348 e. The topological polar surface area (TPSA) is 103 Å². The van der Waals surface area contributed by atoms with Gasteiger partial charge in [-0.3, -0.25) is 14.4 Å². The molecule has 1 saturated heterocycles. The lowest BCUT2D eigenvalue weighted by atomic mass is 9.87. The number of rotatable bonds is 9. The van der Waals surface area contributed by atoms with Gasteiger partial charge in [0.15, 0.2) is 0 Å². The van der Waals surface area contributed by atoms with Crippen LogP contribution in [0.1, 0.15) is 82.0 Å². The van der Waals surface area contributed by atoms with Crippen molar-refractivity contribution < 1.29 is 18.8 Å². The molecule has 9 heteroatoms. The van der Waals surface area contributed by atoms with Crippen molar-refractivity contribution in [3.63, 3.8) is 0 Å². The van der Waals surface area contributed by atoms with Crippen molar-refractivity contribution in [2.75, 3.05) is 6.54 Å². The van der Waals surface area contributed by atoms with E-state index >= 15 is 0 Å². The molecule has 0 unspecified atom stereocenters. The maximum absolute atomic E-state index is 15.0. The number of nitrogens with zero attached hydrogens (tertiary/aromatic N) is 1. The van der Waals surface area contributed by atoms with Gasteiger partial charge in [0.1, 0.15) is 5.82 Å². The number of amides is 3. The number of aryl methyl sites for hydroxylation is 1. The molecule has 50 heavy (non-hydrogen) atoms. The van der Waals surface area contributed by atoms with E-state index in [0.717, 1.165) is 30.4 Å². The van der Waals surface area contributed by atoms with Crippen LogP contribution >= 0.6 is 0 Å². The predicted molar refractivity (Wildman–Crippen MR) is 191 cm³/mol. The van der Waals surface area contributed by atoms with Crippen LogP contribution in [0.15, 0.2) is 97.1 Å². The summed E-state index contributed by atoms with van der Waals surface area (Å²) in [6.45, 7) is 3.21. The van der Waals surface area contributed by atoms with E-state index < -0.39 is 12.1 Å². The highest BCUT2D eigenvalue weighted by atomic mass is 19.1. The first-order chi connectivity index (χ1) is 24.3. The summed E-state index contributed by atoms with van der Waals surface area (Å²) >= 11 is 0. The molecule has 4 aromatic rings. The van der Waals surface area contributed by atoms with Crippen molar-refractivity contribution in [2.45, 2.75) is 82.3 Å². The highest BCUT2D eigenvalue weighted by Gasteiger charge is 2.34. The minimum atomic E-state index is -0.515. The molecule has 4 aromatic carbocycles. The molecule has 2 heterocycles. The lowest BCUT2D eigenvalue weighted by Gasteiger charge is -2.35. The van der Waals surface area contributed by atoms with E-state index in [1.165, 1.54) is 22.8 Å².